The summed E-state index contributed by atoms with van der Waals surface area (Å²) in [6.07, 6.45) is 3.36. The molecular formula is C9H18N4O. The van der Waals surface area contributed by atoms with Gasteiger partial charge in [0.15, 0.2) is 0 Å². The van der Waals surface area contributed by atoms with Crippen molar-refractivity contribution in [2.75, 3.05) is 25.0 Å². The van der Waals surface area contributed by atoms with Gasteiger partial charge in [-0.05, 0) is 6.92 Å². The Morgan fingerprint density at radius 2 is 2.36 bits per heavy atom. The van der Waals surface area contributed by atoms with Crippen molar-refractivity contribution in [3.8, 4) is 0 Å². The Labute approximate surface area is 84.2 Å². The summed E-state index contributed by atoms with van der Waals surface area (Å²) in [6, 6.07) is 0. The molecule has 1 unspecified atom stereocenters. The van der Waals surface area contributed by atoms with E-state index in [1.54, 1.807) is 13.1 Å². The van der Waals surface area contributed by atoms with Crippen LogP contribution >= 0.6 is 0 Å². The van der Waals surface area contributed by atoms with Gasteiger partial charge < -0.3 is 20.3 Å². The first-order valence-corrected chi connectivity index (χ1v) is 4.80. The Bertz CT molecular complexity index is 259. The van der Waals surface area contributed by atoms with E-state index in [9.17, 15) is 0 Å². The summed E-state index contributed by atoms with van der Waals surface area (Å²) in [7, 11) is 1.94. The average molecular weight is 198 g/mol. The highest BCUT2D eigenvalue weighted by Gasteiger charge is 1.97. The highest BCUT2D eigenvalue weighted by molar-refractivity contribution is 5.24. The minimum Gasteiger partial charge on any atom is -0.392 e. The second kappa shape index (κ2) is 5.62. The zero-order chi connectivity index (χ0) is 10.4. The third kappa shape index (κ3) is 3.76. The molecule has 80 valence electrons. The van der Waals surface area contributed by atoms with Crippen LogP contribution in [0, 0.1) is 0 Å². The van der Waals surface area contributed by atoms with Crippen molar-refractivity contribution in [3.63, 3.8) is 0 Å². The molecule has 0 fully saturated rings. The third-order valence-corrected chi connectivity index (χ3v) is 1.85. The molecule has 0 saturated carbocycles. The largest absolute Gasteiger partial charge is 0.392 e. The Balaban J connectivity index is 2.08. The molecule has 0 aromatic carbocycles. The first kappa shape index (κ1) is 11.0. The summed E-state index contributed by atoms with van der Waals surface area (Å²) in [5.41, 5.74) is 0. The van der Waals surface area contributed by atoms with E-state index in [1.165, 1.54) is 0 Å². The second-order valence-electron chi connectivity index (χ2n) is 3.34. The van der Waals surface area contributed by atoms with Gasteiger partial charge in [0.2, 0.25) is 5.95 Å². The molecule has 1 heterocycles. The van der Waals surface area contributed by atoms with Crippen molar-refractivity contribution >= 4 is 5.95 Å². The Morgan fingerprint density at radius 1 is 1.57 bits per heavy atom. The summed E-state index contributed by atoms with van der Waals surface area (Å²) < 4.78 is 1.93. The molecule has 0 spiro atoms. The molecular weight excluding hydrogens is 180 g/mol. The normalized spacial score (nSPS) is 12.8. The van der Waals surface area contributed by atoms with Gasteiger partial charge in [-0.25, -0.2) is 4.98 Å². The molecule has 5 heteroatoms. The minimum absolute atomic E-state index is 0.289. The molecule has 5 nitrogen and oxygen atoms in total. The van der Waals surface area contributed by atoms with Crippen LogP contribution in [0.25, 0.3) is 0 Å². The number of rotatable bonds is 6. The van der Waals surface area contributed by atoms with Crippen LogP contribution in [0.4, 0.5) is 5.95 Å². The third-order valence-electron chi connectivity index (χ3n) is 1.85. The van der Waals surface area contributed by atoms with Crippen molar-refractivity contribution in [1.29, 1.82) is 0 Å². The van der Waals surface area contributed by atoms with Crippen molar-refractivity contribution in [2.45, 2.75) is 13.0 Å². The van der Waals surface area contributed by atoms with Gasteiger partial charge in [-0.15, -0.1) is 0 Å². The zero-order valence-corrected chi connectivity index (χ0v) is 8.70. The lowest BCUT2D eigenvalue weighted by atomic mass is 10.4. The number of hydrogen-bond acceptors (Lipinski definition) is 4. The number of anilines is 1. The summed E-state index contributed by atoms with van der Waals surface area (Å²) in [5.74, 6) is 0.865. The van der Waals surface area contributed by atoms with Gasteiger partial charge in [-0.3, -0.25) is 0 Å². The molecule has 1 aromatic heterocycles. The van der Waals surface area contributed by atoms with E-state index in [4.69, 9.17) is 5.11 Å². The van der Waals surface area contributed by atoms with E-state index in [0.717, 1.165) is 19.0 Å². The van der Waals surface area contributed by atoms with Crippen molar-refractivity contribution in [2.24, 2.45) is 7.05 Å². The minimum atomic E-state index is -0.289. The molecule has 0 bridgehead atoms. The maximum absolute atomic E-state index is 8.98. The number of aryl methyl sites for hydroxylation is 1. The fourth-order valence-corrected chi connectivity index (χ4v) is 1.11. The van der Waals surface area contributed by atoms with Crippen LogP contribution in [0.2, 0.25) is 0 Å². The summed E-state index contributed by atoms with van der Waals surface area (Å²) >= 11 is 0. The quantitative estimate of drug-likeness (QED) is 0.554. The van der Waals surface area contributed by atoms with Crippen LogP contribution in [-0.4, -0.2) is 40.4 Å². The van der Waals surface area contributed by atoms with E-state index in [0.29, 0.717) is 6.54 Å². The van der Waals surface area contributed by atoms with Gasteiger partial charge in [-0.2, -0.15) is 0 Å². The van der Waals surface area contributed by atoms with E-state index in [2.05, 4.69) is 15.6 Å². The highest BCUT2D eigenvalue weighted by Crippen LogP contribution is 1.98. The van der Waals surface area contributed by atoms with Crippen molar-refractivity contribution in [1.82, 2.24) is 14.9 Å². The zero-order valence-electron chi connectivity index (χ0n) is 8.70. The van der Waals surface area contributed by atoms with Crippen LogP contribution < -0.4 is 10.6 Å². The SMILES string of the molecule is CC(O)CNCCNc1nccn1C. The standard InChI is InChI=1S/C9H18N4O/c1-8(14)7-10-3-4-11-9-12-5-6-13(9)2/h5-6,8,10,14H,3-4,7H2,1-2H3,(H,11,12). The Hall–Kier alpha value is -1.07. The number of aliphatic hydroxyl groups excluding tert-OH is 1. The highest BCUT2D eigenvalue weighted by atomic mass is 16.3. The van der Waals surface area contributed by atoms with Gasteiger partial charge in [0.25, 0.3) is 0 Å². The van der Waals surface area contributed by atoms with Gasteiger partial charge in [0.05, 0.1) is 6.10 Å². The van der Waals surface area contributed by atoms with Crippen LogP contribution in [0.5, 0.6) is 0 Å². The topological polar surface area (TPSA) is 62.1 Å². The maximum atomic E-state index is 8.98. The molecule has 0 saturated heterocycles. The molecule has 0 aliphatic heterocycles. The molecule has 1 rings (SSSR count). The summed E-state index contributed by atoms with van der Waals surface area (Å²) in [4.78, 5) is 4.12. The van der Waals surface area contributed by atoms with Crippen LogP contribution in [0.3, 0.4) is 0 Å². The number of aromatic nitrogens is 2. The molecule has 1 atom stereocenters. The van der Waals surface area contributed by atoms with Gasteiger partial charge in [0.1, 0.15) is 0 Å². The monoisotopic (exact) mass is 198 g/mol. The van der Waals surface area contributed by atoms with Crippen molar-refractivity contribution in [3.05, 3.63) is 12.4 Å². The molecule has 0 radical (unpaired) electrons. The van der Waals surface area contributed by atoms with E-state index >= 15 is 0 Å². The first-order chi connectivity index (χ1) is 6.70. The molecule has 0 amide bonds. The van der Waals surface area contributed by atoms with Crippen LogP contribution in [0.15, 0.2) is 12.4 Å². The number of nitrogens with zero attached hydrogens (tertiary/aromatic N) is 2. The molecule has 1 aromatic rings. The van der Waals surface area contributed by atoms with E-state index in [-0.39, 0.29) is 6.10 Å². The molecule has 14 heavy (non-hydrogen) atoms. The van der Waals surface area contributed by atoms with Gasteiger partial charge in [-0.1, -0.05) is 0 Å². The fraction of sp³-hybridized carbons (Fsp3) is 0.667. The number of nitrogens with one attached hydrogen (secondary N) is 2. The maximum Gasteiger partial charge on any atom is 0.202 e. The molecule has 3 N–H and O–H groups in total. The van der Waals surface area contributed by atoms with Crippen LogP contribution in [0.1, 0.15) is 6.92 Å². The smallest absolute Gasteiger partial charge is 0.202 e. The van der Waals surface area contributed by atoms with E-state index in [1.807, 2.05) is 17.8 Å². The lowest BCUT2D eigenvalue weighted by molar-refractivity contribution is 0.192. The van der Waals surface area contributed by atoms with Gasteiger partial charge in [0, 0.05) is 39.1 Å². The lowest BCUT2D eigenvalue weighted by Gasteiger charge is -2.08. The fourth-order valence-electron chi connectivity index (χ4n) is 1.11. The molecule has 0 aliphatic rings. The second-order valence-corrected chi connectivity index (χ2v) is 3.34. The van der Waals surface area contributed by atoms with E-state index < -0.39 is 0 Å². The lowest BCUT2D eigenvalue weighted by Crippen LogP contribution is -2.29. The summed E-state index contributed by atoms with van der Waals surface area (Å²) in [5, 5.41) is 15.3. The number of aliphatic hydroxyl groups is 1. The first-order valence-electron chi connectivity index (χ1n) is 4.80. The predicted molar refractivity (Wildman–Crippen MR) is 56.2 cm³/mol. The number of imidazole rings is 1. The molecule has 0 aliphatic carbocycles. The summed E-state index contributed by atoms with van der Waals surface area (Å²) in [6.45, 7) is 4.01. The number of hydrogen-bond donors (Lipinski definition) is 3. The Kier molecular flexibility index (Phi) is 4.42. The average Bonchev–Trinajstić information content (AvgIpc) is 2.51. The predicted octanol–water partition coefficient (Wildman–Crippen LogP) is -0.198. The van der Waals surface area contributed by atoms with Gasteiger partial charge >= 0.3 is 0 Å². The van der Waals surface area contributed by atoms with Crippen LogP contribution in [-0.2, 0) is 7.05 Å². The van der Waals surface area contributed by atoms with Crippen molar-refractivity contribution < 1.29 is 5.11 Å². The Morgan fingerprint density at radius 3 is 2.93 bits per heavy atom.